The van der Waals surface area contributed by atoms with Crippen LogP contribution in [-0.2, 0) is 6.42 Å². The zero-order chi connectivity index (χ0) is 12.5. The van der Waals surface area contributed by atoms with E-state index < -0.39 is 0 Å². The van der Waals surface area contributed by atoms with Crippen LogP contribution in [0.5, 0.6) is 5.75 Å². The van der Waals surface area contributed by atoms with Crippen LogP contribution >= 0.6 is 0 Å². The van der Waals surface area contributed by atoms with Crippen molar-refractivity contribution in [2.45, 2.75) is 45.6 Å². The zero-order valence-corrected chi connectivity index (χ0v) is 11.3. The second kappa shape index (κ2) is 8.13. The van der Waals surface area contributed by atoms with E-state index in [1.807, 2.05) is 12.1 Å². The molecule has 1 unspecified atom stereocenters. The second-order valence-electron chi connectivity index (χ2n) is 4.46. The molecule has 2 heteroatoms. The molecule has 0 spiro atoms. The summed E-state index contributed by atoms with van der Waals surface area (Å²) in [6.07, 6.45) is 4.68. The molecule has 0 saturated carbocycles. The van der Waals surface area contributed by atoms with Crippen molar-refractivity contribution in [3.05, 3.63) is 29.8 Å². The van der Waals surface area contributed by atoms with Gasteiger partial charge in [-0.25, -0.2) is 0 Å². The Balaban J connectivity index is 2.63. The maximum Gasteiger partial charge on any atom is 0.122 e. The van der Waals surface area contributed by atoms with E-state index in [0.29, 0.717) is 6.04 Å². The van der Waals surface area contributed by atoms with Crippen molar-refractivity contribution in [1.82, 2.24) is 5.32 Å². The van der Waals surface area contributed by atoms with Crippen molar-refractivity contribution in [2.24, 2.45) is 0 Å². The lowest BCUT2D eigenvalue weighted by molar-refractivity contribution is 0.401. The van der Waals surface area contributed by atoms with Gasteiger partial charge in [0.25, 0.3) is 0 Å². The van der Waals surface area contributed by atoms with Crippen molar-refractivity contribution in [3.8, 4) is 5.75 Å². The Morgan fingerprint density at radius 1 is 1.18 bits per heavy atom. The molecule has 0 fully saturated rings. The molecule has 0 radical (unpaired) electrons. The van der Waals surface area contributed by atoms with Crippen LogP contribution in [0.25, 0.3) is 0 Å². The van der Waals surface area contributed by atoms with Crippen LogP contribution in [0.3, 0.4) is 0 Å². The molecule has 1 atom stereocenters. The van der Waals surface area contributed by atoms with Gasteiger partial charge in [0.1, 0.15) is 5.75 Å². The Hall–Kier alpha value is -1.02. The van der Waals surface area contributed by atoms with E-state index in [1.165, 1.54) is 24.8 Å². The Kier molecular flexibility index (Phi) is 6.71. The summed E-state index contributed by atoms with van der Waals surface area (Å²) in [6, 6.07) is 8.88. The normalized spacial score (nSPS) is 12.4. The van der Waals surface area contributed by atoms with Crippen LogP contribution in [0.15, 0.2) is 24.3 Å². The van der Waals surface area contributed by atoms with E-state index in [0.717, 1.165) is 18.7 Å². The van der Waals surface area contributed by atoms with Crippen LogP contribution in [0.1, 0.15) is 38.7 Å². The number of nitrogens with one attached hydrogen (secondary N) is 1. The minimum absolute atomic E-state index is 0.566. The third-order valence-corrected chi connectivity index (χ3v) is 2.98. The first-order valence-electron chi connectivity index (χ1n) is 6.67. The number of hydrogen-bond donors (Lipinski definition) is 1. The fourth-order valence-electron chi connectivity index (χ4n) is 2.11. The molecule has 1 rings (SSSR count). The van der Waals surface area contributed by atoms with Crippen molar-refractivity contribution in [3.63, 3.8) is 0 Å². The van der Waals surface area contributed by atoms with Crippen LogP contribution < -0.4 is 10.1 Å². The van der Waals surface area contributed by atoms with Gasteiger partial charge in [-0.05, 0) is 37.4 Å². The Morgan fingerprint density at radius 3 is 2.59 bits per heavy atom. The topological polar surface area (TPSA) is 21.3 Å². The van der Waals surface area contributed by atoms with Gasteiger partial charge in [0.05, 0.1) is 7.11 Å². The van der Waals surface area contributed by atoms with E-state index in [-0.39, 0.29) is 0 Å². The summed E-state index contributed by atoms with van der Waals surface area (Å²) in [4.78, 5) is 0. The molecular formula is C15H25NO. The van der Waals surface area contributed by atoms with Crippen molar-refractivity contribution in [1.29, 1.82) is 0 Å². The van der Waals surface area contributed by atoms with Crippen LogP contribution in [0, 0.1) is 0 Å². The van der Waals surface area contributed by atoms with Crippen molar-refractivity contribution < 1.29 is 4.74 Å². The van der Waals surface area contributed by atoms with E-state index in [2.05, 4.69) is 31.3 Å². The van der Waals surface area contributed by atoms with Gasteiger partial charge in [0.2, 0.25) is 0 Å². The second-order valence-corrected chi connectivity index (χ2v) is 4.46. The lowest BCUT2D eigenvalue weighted by atomic mass is 10.0. The molecule has 0 amide bonds. The van der Waals surface area contributed by atoms with E-state index >= 15 is 0 Å². The highest BCUT2D eigenvalue weighted by molar-refractivity contribution is 5.33. The fraction of sp³-hybridized carbons (Fsp3) is 0.600. The first-order chi connectivity index (χ1) is 8.31. The molecule has 0 aliphatic rings. The largest absolute Gasteiger partial charge is 0.496 e. The highest BCUT2D eigenvalue weighted by Gasteiger charge is 2.10. The standard InChI is InChI=1S/C15H25NO/c1-4-8-14(16-11-5-2)12-13-9-6-7-10-15(13)17-3/h6-7,9-10,14,16H,4-5,8,11-12H2,1-3H3. The number of ether oxygens (including phenoxy) is 1. The maximum absolute atomic E-state index is 5.40. The SMILES string of the molecule is CCCNC(CCC)Cc1ccccc1OC. The van der Waals surface area contributed by atoms with Gasteiger partial charge in [-0.1, -0.05) is 38.5 Å². The smallest absolute Gasteiger partial charge is 0.122 e. The van der Waals surface area contributed by atoms with Crippen LogP contribution in [0.2, 0.25) is 0 Å². The summed E-state index contributed by atoms with van der Waals surface area (Å²) in [6.45, 7) is 5.54. The molecule has 0 aromatic heterocycles. The van der Waals surface area contributed by atoms with Gasteiger partial charge in [0, 0.05) is 6.04 Å². The molecule has 96 valence electrons. The third-order valence-electron chi connectivity index (χ3n) is 2.98. The number of benzene rings is 1. The molecule has 0 heterocycles. The van der Waals surface area contributed by atoms with E-state index in [4.69, 9.17) is 4.74 Å². The third kappa shape index (κ3) is 4.78. The molecule has 0 saturated heterocycles. The van der Waals surface area contributed by atoms with E-state index in [9.17, 15) is 0 Å². The molecule has 1 aromatic carbocycles. The van der Waals surface area contributed by atoms with Crippen LogP contribution in [-0.4, -0.2) is 19.7 Å². The molecule has 0 aliphatic carbocycles. The van der Waals surface area contributed by atoms with Gasteiger partial charge in [-0.2, -0.15) is 0 Å². The molecule has 1 N–H and O–H groups in total. The summed E-state index contributed by atoms with van der Waals surface area (Å²) in [7, 11) is 1.74. The molecule has 0 aliphatic heterocycles. The van der Waals surface area contributed by atoms with Gasteiger partial charge in [0.15, 0.2) is 0 Å². The Bertz CT molecular complexity index is 312. The summed E-state index contributed by atoms with van der Waals surface area (Å²) in [5, 5.41) is 3.61. The molecule has 1 aromatic rings. The first-order valence-corrected chi connectivity index (χ1v) is 6.67. The van der Waals surface area contributed by atoms with Crippen molar-refractivity contribution in [2.75, 3.05) is 13.7 Å². The summed E-state index contributed by atoms with van der Waals surface area (Å²) < 4.78 is 5.40. The monoisotopic (exact) mass is 235 g/mol. The highest BCUT2D eigenvalue weighted by Crippen LogP contribution is 2.20. The fourth-order valence-corrected chi connectivity index (χ4v) is 2.11. The number of para-hydroxylation sites is 1. The molecule has 0 bridgehead atoms. The number of rotatable bonds is 8. The summed E-state index contributed by atoms with van der Waals surface area (Å²) in [5.74, 6) is 1.01. The summed E-state index contributed by atoms with van der Waals surface area (Å²) in [5.41, 5.74) is 1.30. The van der Waals surface area contributed by atoms with Gasteiger partial charge in [-0.3, -0.25) is 0 Å². The number of hydrogen-bond acceptors (Lipinski definition) is 2. The minimum Gasteiger partial charge on any atom is -0.496 e. The predicted molar refractivity (Wildman–Crippen MR) is 73.7 cm³/mol. The average molecular weight is 235 g/mol. The minimum atomic E-state index is 0.566. The predicted octanol–water partition coefficient (Wildman–Crippen LogP) is 3.41. The van der Waals surface area contributed by atoms with E-state index in [1.54, 1.807) is 7.11 Å². The Morgan fingerprint density at radius 2 is 1.94 bits per heavy atom. The molecular weight excluding hydrogens is 210 g/mol. The maximum atomic E-state index is 5.40. The van der Waals surface area contributed by atoms with Gasteiger partial charge in [-0.15, -0.1) is 0 Å². The highest BCUT2D eigenvalue weighted by atomic mass is 16.5. The Labute approximate surface area is 105 Å². The average Bonchev–Trinajstić information content (AvgIpc) is 2.37. The van der Waals surface area contributed by atoms with Gasteiger partial charge < -0.3 is 10.1 Å². The lowest BCUT2D eigenvalue weighted by Gasteiger charge is -2.19. The van der Waals surface area contributed by atoms with Crippen molar-refractivity contribution >= 4 is 0 Å². The van der Waals surface area contributed by atoms with Crippen LogP contribution in [0.4, 0.5) is 0 Å². The zero-order valence-electron chi connectivity index (χ0n) is 11.3. The first kappa shape index (κ1) is 14.0. The van der Waals surface area contributed by atoms with Gasteiger partial charge >= 0.3 is 0 Å². The lowest BCUT2D eigenvalue weighted by Crippen LogP contribution is -2.31. The quantitative estimate of drug-likeness (QED) is 0.745. The molecule has 2 nitrogen and oxygen atoms in total. The summed E-state index contributed by atoms with van der Waals surface area (Å²) >= 11 is 0. The molecule has 17 heavy (non-hydrogen) atoms. The number of methoxy groups -OCH3 is 1.